The van der Waals surface area contributed by atoms with Gasteiger partial charge in [0.1, 0.15) is 5.58 Å². The summed E-state index contributed by atoms with van der Waals surface area (Å²) in [4.78, 5) is 9.81. The van der Waals surface area contributed by atoms with E-state index in [4.69, 9.17) is 9.40 Å². The molecule has 0 aliphatic rings. The maximum Gasteiger partial charge on any atom is 0 e. The number of hydrogen-bond acceptors (Lipinski definition) is 3. The molecule has 0 unspecified atom stereocenters. The van der Waals surface area contributed by atoms with Gasteiger partial charge in [0.15, 0.2) is 0 Å². The maximum absolute atomic E-state index is 12.8. The fourth-order valence-corrected chi connectivity index (χ4v) is 10.4. The number of para-hydroxylation sites is 1. The quantitative estimate of drug-likeness (QED) is 0.118. The molecule has 7 heteroatoms. The fourth-order valence-electron chi connectivity index (χ4n) is 8.27. The predicted octanol–water partition coefficient (Wildman–Crippen LogP) is 14.7. The summed E-state index contributed by atoms with van der Waals surface area (Å²) in [7, 11) is 0. The van der Waals surface area contributed by atoms with Crippen LogP contribution in [0.4, 0.5) is 4.39 Å². The third-order valence-corrected chi connectivity index (χ3v) is 15.8. The van der Waals surface area contributed by atoms with E-state index in [1.807, 2.05) is 24.4 Å². The fraction of sp³-hybridized carbons (Fsp3) is 0.164. The second-order valence-corrected chi connectivity index (χ2v) is 28.0. The Labute approximate surface area is 379 Å². The van der Waals surface area contributed by atoms with Gasteiger partial charge in [-0.2, -0.15) is 0 Å². The summed E-state index contributed by atoms with van der Waals surface area (Å²) < 4.78 is 23.3. The number of aromatic nitrogens is 3. The average molecular weight is 1050 g/mol. The van der Waals surface area contributed by atoms with Crippen molar-refractivity contribution in [3.05, 3.63) is 181 Å². The topological polar surface area (TPSA) is 43.9 Å². The number of hydrogen-bond donors (Lipinski definition) is 0. The van der Waals surface area contributed by atoms with E-state index in [0.717, 1.165) is 61.2 Å². The molecule has 0 spiro atoms. The molecule has 10 aromatic rings. The summed E-state index contributed by atoms with van der Waals surface area (Å²) in [6, 6.07) is 55.8. The second kappa shape index (κ2) is 17.6. The van der Waals surface area contributed by atoms with Crippen molar-refractivity contribution in [2.24, 2.45) is 0 Å². The molecule has 0 fully saturated rings. The van der Waals surface area contributed by atoms with Crippen LogP contribution in [0, 0.1) is 17.9 Å². The van der Waals surface area contributed by atoms with Crippen molar-refractivity contribution in [1.82, 2.24) is 14.5 Å². The molecule has 0 saturated heterocycles. The van der Waals surface area contributed by atoms with Gasteiger partial charge in [0.05, 0.1) is 22.4 Å². The Hall–Kier alpha value is -5.66. The first kappa shape index (κ1) is 43.0. The van der Waals surface area contributed by atoms with Crippen LogP contribution in [0.25, 0.3) is 83.2 Å². The number of furan rings is 1. The molecular weight excluding hydrogens is 1000 g/mol. The third-order valence-electron chi connectivity index (χ3n) is 11.6. The van der Waals surface area contributed by atoms with E-state index in [1.54, 1.807) is 6.07 Å². The molecule has 0 N–H and O–H groups in total. The molecule has 0 aliphatic carbocycles. The van der Waals surface area contributed by atoms with Gasteiger partial charge in [0, 0.05) is 36.6 Å². The van der Waals surface area contributed by atoms with Crippen molar-refractivity contribution in [2.75, 3.05) is 0 Å². The Bertz CT molecular complexity index is 3160. The zero-order chi connectivity index (χ0) is 42.4. The van der Waals surface area contributed by atoms with Crippen molar-refractivity contribution in [1.29, 1.82) is 0 Å². The number of pyridine rings is 1. The van der Waals surface area contributed by atoms with Crippen LogP contribution in [0.15, 0.2) is 156 Å². The van der Waals surface area contributed by atoms with Crippen molar-refractivity contribution in [3.63, 3.8) is 0 Å². The average Bonchev–Trinajstić information content (AvgIpc) is 3.85. The van der Waals surface area contributed by atoms with Crippen LogP contribution in [-0.2, 0) is 20.1 Å². The van der Waals surface area contributed by atoms with Gasteiger partial charge in [0.25, 0.3) is 0 Å². The number of fused-ring (bicyclic) bond motifs is 6. The molecule has 3 heterocycles. The SMILES string of the molecule is CC(C)c1cccc(C(C)C)c1-n1c(-c2[c-]ccc3c2oc2cc(-c4ccccc4)ccc23)nc2ccc3ccccc3c21.[CH3][Ge]([CH3])([CH3])[c]1ccc(-c2[c-]cc(F)cc2)nc1.[Ir]. The minimum atomic E-state index is -1.79. The van der Waals surface area contributed by atoms with Crippen LogP contribution in [0.1, 0.15) is 50.7 Å². The Morgan fingerprint density at radius 2 is 1.42 bits per heavy atom. The molecule has 0 atom stereocenters. The largest absolute Gasteiger partial charge is 0 e. The Morgan fingerprint density at radius 1 is 0.677 bits per heavy atom. The van der Waals surface area contributed by atoms with Crippen LogP contribution in [0.3, 0.4) is 0 Å². The molecule has 0 bridgehead atoms. The monoisotopic (exact) mass is 1050 g/mol. The molecule has 4 nitrogen and oxygen atoms in total. The van der Waals surface area contributed by atoms with Gasteiger partial charge in [-0.15, -0.1) is 18.2 Å². The minimum absolute atomic E-state index is 0. The Kier molecular flexibility index (Phi) is 12.2. The summed E-state index contributed by atoms with van der Waals surface area (Å²) in [5, 5.41) is 4.54. The standard InChI is InChI=1S/C41H33N2O.C14H15FGeN.Ir/c1-25(2)30-16-10-17-31(26(3)4)38(30)43-39-32-15-9-8-14-28(32)21-23-36(39)42-41(43)35-19-11-18-34-33-22-20-29(24-37(33)44-40(34)35)27-12-6-5-7-13-27;1-16(2,3)13-8-9-14(17-10-13)11-4-6-12(15)7-5-11;/h5-18,20-26H,1-4H3;4,6-10H,1-3H3;/q2*-1;. The van der Waals surface area contributed by atoms with Crippen molar-refractivity contribution >= 4 is 61.4 Å². The first-order valence-corrected chi connectivity index (χ1v) is 28.4. The molecule has 0 amide bonds. The molecule has 311 valence electrons. The van der Waals surface area contributed by atoms with Gasteiger partial charge in [-0.25, -0.2) is 0 Å². The summed E-state index contributed by atoms with van der Waals surface area (Å²) >= 11 is -1.79. The molecule has 10 rings (SSSR count). The van der Waals surface area contributed by atoms with E-state index in [0.29, 0.717) is 11.8 Å². The molecule has 7 aromatic carbocycles. The number of nitrogens with zero attached hydrogens (tertiary/aromatic N) is 3. The van der Waals surface area contributed by atoms with E-state index >= 15 is 0 Å². The van der Waals surface area contributed by atoms with Gasteiger partial charge in [0.2, 0.25) is 0 Å². The maximum atomic E-state index is 12.8. The zero-order valence-electron chi connectivity index (χ0n) is 36.0. The summed E-state index contributed by atoms with van der Waals surface area (Å²) in [6.45, 7) is 9.10. The number of halogens is 1. The normalized spacial score (nSPS) is 11.7. The van der Waals surface area contributed by atoms with Gasteiger partial charge >= 0.3 is 104 Å². The molecule has 3 aromatic heterocycles. The molecule has 0 saturated carbocycles. The van der Waals surface area contributed by atoms with E-state index < -0.39 is 13.3 Å². The summed E-state index contributed by atoms with van der Waals surface area (Å²) in [6.07, 6.45) is 1.95. The van der Waals surface area contributed by atoms with Gasteiger partial charge in [-0.3, -0.25) is 4.98 Å². The molecular formula is C55H48FGeIrN3O-2. The smallest absolute Gasteiger partial charge is 0 e. The van der Waals surface area contributed by atoms with Gasteiger partial charge < -0.3 is 8.98 Å². The second-order valence-electron chi connectivity index (χ2n) is 17.4. The first-order chi connectivity index (χ1) is 29.5. The zero-order valence-corrected chi connectivity index (χ0v) is 40.5. The van der Waals surface area contributed by atoms with Gasteiger partial charge in [-0.05, 0) is 51.6 Å². The molecule has 0 aliphatic heterocycles. The first-order valence-electron chi connectivity index (χ1n) is 21.1. The summed E-state index contributed by atoms with van der Waals surface area (Å²) in [5.41, 5.74) is 12.4. The molecule has 62 heavy (non-hydrogen) atoms. The Balaban J connectivity index is 0.000000248. The predicted molar refractivity (Wildman–Crippen MR) is 255 cm³/mol. The Morgan fingerprint density at radius 3 is 2.10 bits per heavy atom. The van der Waals surface area contributed by atoms with E-state index in [1.165, 1.54) is 49.7 Å². The summed E-state index contributed by atoms with van der Waals surface area (Å²) in [5.74, 6) is 8.23. The minimum Gasteiger partial charge on any atom is 0 e. The van der Waals surface area contributed by atoms with Crippen molar-refractivity contribution < 1.29 is 28.9 Å². The van der Waals surface area contributed by atoms with Crippen LogP contribution < -0.4 is 4.40 Å². The van der Waals surface area contributed by atoms with Gasteiger partial charge in [-0.1, -0.05) is 130 Å². The van der Waals surface area contributed by atoms with Crippen LogP contribution in [0.2, 0.25) is 17.3 Å². The van der Waals surface area contributed by atoms with E-state index in [2.05, 4.69) is 176 Å². The van der Waals surface area contributed by atoms with Crippen LogP contribution in [0.5, 0.6) is 0 Å². The van der Waals surface area contributed by atoms with Crippen LogP contribution in [-0.4, -0.2) is 27.8 Å². The number of benzene rings is 7. The van der Waals surface area contributed by atoms with E-state index in [-0.39, 0.29) is 25.9 Å². The van der Waals surface area contributed by atoms with Crippen molar-refractivity contribution in [2.45, 2.75) is 56.8 Å². The van der Waals surface area contributed by atoms with E-state index in [9.17, 15) is 4.39 Å². The number of imidazole rings is 1. The number of rotatable bonds is 7. The van der Waals surface area contributed by atoms with Crippen LogP contribution >= 0.6 is 0 Å². The molecule has 1 radical (unpaired) electrons. The van der Waals surface area contributed by atoms with Crippen molar-refractivity contribution in [3.8, 4) is 39.5 Å². The third kappa shape index (κ3) is 8.20.